The van der Waals surface area contributed by atoms with Crippen LogP contribution in [0, 0.1) is 0 Å². The van der Waals surface area contributed by atoms with Crippen molar-refractivity contribution >= 4 is 5.84 Å². The van der Waals surface area contributed by atoms with E-state index in [1.807, 2.05) is 7.05 Å². The van der Waals surface area contributed by atoms with Crippen molar-refractivity contribution in [2.24, 2.45) is 10.7 Å². The molecule has 0 aliphatic rings. The third-order valence-electron chi connectivity index (χ3n) is 2.71. The predicted molar refractivity (Wildman–Crippen MR) is 73.0 cm³/mol. The number of nitrogens with one attached hydrogen (secondary N) is 1. The summed E-state index contributed by atoms with van der Waals surface area (Å²) in [7, 11) is 1.93. The van der Waals surface area contributed by atoms with Crippen molar-refractivity contribution in [1.82, 2.24) is 5.32 Å². The fourth-order valence-electron chi connectivity index (χ4n) is 1.62. The second-order valence-electron chi connectivity index (χ2n) is 4.35. The number of unbranched alkanes of at least 4 members (excludes halogenated alkanes) is 6. The first-order chi connectivity index (χ1) is 7.81. The average Bonchev–Trinajstić information content (AvgIpc) is 2.30. The molecule has 0 atom stereocenters. The molecule has 0 heterocycles. The Hall–Kier alpha value is -0.570. The van der Waals surface area contributed by atoms with Gasteiger partial charge in [-0.1, -0.05) is 45.4 Å². The maximum Gasteiger partial charge on any atom is 0.0949 e. The molecule has 96 valence electrons. The van der Waals surface area contributed by atoms with Gasteiger partial charge in [-0.05, 0) is 13.5 Å². The normalized spacial score (nSPS) is 12.0. The molecule has 0 saturated carbocycles. The number of hydrogen-bond donors (Lipinski definition) is 2. The lowest BCUT2D eigenvalue weighted by Crippen LogP contribution is -2.19. The molecule has 0 aromatic rings. The zero-order valence-corrected chi connectivity index (χ0v) is 11.1. The molecule has 0 spiro atoms. The number of nitrogens with two attached hydrogens (primary N) is 1. The minimum Gasteiger partial charge on any atom is -0.387 e. The van der Waals surface area contributed by atoms with Crippen LogP contribution < -0.4 is 11.1 Å². The zero-order chi connectivity index (χ0) is 12.1. The highest BCUT2D eigenvalue weighted by Gasteiger charge is 1.92. The zero-order valence-electron chi connectivity index (χ0n) is 11.1. The predicted octanol–water partition coefficient (Wildman–Crippen LogP) is 2.70. The van der Waals surface area contributed by atoms with Crippen LogP contribution in [0.25, 0.3) is 0 Å². The largest absolute Gasteiger partial charge is 0.387 e. The second kappa shape index (κ2) is 12.5. The van der Waals surface area contributed by atoms with E-state index in [1.54, 1.807) is 0 Å². The van der Waals surface area contributed by atoms with Crippen molar-refractivity contribution in [3.63, 3.8) is 0 Å². The van der Waals surface area contributed by atoms with Gasteiger partial charge in [0.15, 0.2) is 0 Å². The van der Waals surface area contributed by atoms with Crippen LogP contribution in [-0.4, -0.2) is 26.0 Å². The summed E-state index contributed by atoms with van der Waals surface area (Å²) < 4.78 is 0. The van der Waals surface area contributed by atoms with Crippen molar-refractivity contribution in [3.8, 4) is 0 Å². The van der Waals surface area contributed by atoms with Crippen LogP contribution >= 0.6 is 0 Å². The summed E-state index contributed by atoms with van der Waals surface area (Å²) in [6, 6.07) is 0. The smallest absolute Gasteiger partial charge is 0.0949 e. The van der Waals surface area contributed by atoms with E-state index < -0.39 is 0 Å². The van der Waals surface area contributed by atoms with Crippen LogP contribution in [0.15, 0.2) is 4.99 Å². The molecule has 0 bridgehead atoms. The molecule has 0 aromatic carbocycles. The van der Waals surface area contributed by atoms with E-state index >= 15 is 0 Å². The molecule has 3 nitrogen and oxygen atoms in total. The summed E-state index contributed by atoms with van der Waals surface area (Å²) in [5.41, 5.74) is 5.75. The maximum atomic E-state index is 5.75. The van der Waals surface area contributed by atoms with E-state index in [1.165, 1.54) is 44.9 Å². The molecule has 0 rings (SSSR count). The van der Waals surface area contributed by atoms with Crippen LogP contribution in [0.4, 0.5) is 0 Å². The summed E-state index contributed by atoms with van der Waals surface area (Å²) in [4.78, 5) is 4.35. The molecule has 0 radical (unpaired) electrons. The molecule has 0 amide bonds. The molecule has 0 aromatic heterocycles. The highest BCUT2D eigenvalue weighted by molar-refractivity contribution is 5.80. The van der Waals surface area contributed by atoms with Gasteiger partial charge in [0.05, 0.1) is 5.84 Å². The van der Waals surface area contributed by atoms with Crippen LogP contribution in [0.2, 0.25) is 0 Å². The lowest BCUT2D eigenvalue weighted by Gasteiger charge is -2.01. The van der Waals surface area contributed by atoms with Crippen molar-refractivity contribution in [3.05, 3.63) is 0 Å². The van der Waals surface area contributed by atoms with Crippen molar-refractivity contribution < 1.29 is 0 Å². The molecule has 16 heavy (non-hydrogen) atoms. The van der Waals surface area contributed by atoms with Gasteiger partial charge in [-0.2, -0.15) is 0 Å². The fraction of sp³-hybridized carbons (Fsp3) is 0.923. The number of nitrogens with zero attached hydrogens (tertiary/aromatic N) is 1. The first kappa shape index (κ1) is 15.4. The Balaban J connectivity index is 3.18. The summed E-state index contributed by atoms with van der Waals surface area (Å²) in [6.07, 6.45) is 10.2. The van der Waals surface area contributed by atoms with E-state index in [0.29, 0.717) is 0 Å². The summed E-state index contributed by atoms with van der Waals surface area (Å²) in [5.74, 6) is 0.792. The third kappa shape index (κ3) is 11.5. The standard InChI is InChI=1S/C13H29N3/c1-3-4-5-6-7-8-9-11-16-13(14)10-12-15-2/h15H,3-12H2,1-2H3,(H2,14,16). The van der Waals surface area contributed by atoms with Gasteiger partial charge in [-0.25, -0.2) is 0 Å². The molecule has 0 aliphatic heterocycles. The van der Waals surface area contributed by atoms with Crippen LogP contribution in [0.3, 0.4) is 0 Å². The Labute approximate surface area is 101 Å². The second-order valence-corrected chi connectivity index (χ2v) is 4.35. The van der Waals surface area contributed by atoms with Crippen molar-refractivity contribution in [1.29, 1.82) is 0 Å². The van der Waals surface area contributed by atoms with Crippen molar-refractivity contribution in [2.75, 3.05) is 20.1 Å². The molecule has 3 heteroatoms. The van der Waals surface area contributed by atoms with Crippen LogP contribution in [0.1, 0.15) is 58.3 Å². The lowest BCUT2D eigenvalue weighted by molar-refractivity contribution is 0.593. The fourth-order valence-corrected chi connectivity index (χ4v) is 1.62. The topological polar surface area (TPSA) is 50.4 Å². The summed E-state index contributed by atoms with van der Waals surface area (Å²) in [5, 5.41) is 3.07. The highest BCUT2D eigenvalue weighted by Crippen LogP contribution is 2.06. The minimum atomic E-state index is 0.792. The Bertz CT molecular complexity index is 167. The van der Waals surface area contributed by atoms with Gasteiger partial charge in [-0.15, -0.1) is 0 Å². The van der Waals surface area contributed by atoms with E-state index in [-0.39, 0.29) is 0 Å². The lowest BCUT2D eigenvalue weighted by atomic mass is 10.1. The molecule has 3 N–H and O–H groups in total. The Morgan fingerprint density at radius 2 is 1.69 bits per heavy atom. The van der Waals surface area contributed by atoms with E-state index in [4.69, 9.17) is 5.73 Å². The number of hydrogen-bond acceptors (Lipinski definition) is 2. The monoisotopic (exact) mass is 227 g/mol. The van der Waals surface area contributed by atoms with E-state index in [0.717, 1.165) is 25.3 Å². The molecular formula is C13H29N3. The van der Waals surface area contributed by atoms with E-state index in [2.05, 4.69) is 17.2 Å². The maximum absolute atomic E-state index is 5.75. The summed E-state index contributed by atoms with van der Waals surface area (Å²) in [6.45, 7) is 4.08. The van der Waals surface area contributed by atoms with Crippen LogP contribution in [0.5, 0.6) is 0 Å². The van der Waals surface area contributed by atoms with Gasteiger partial charge >= 0.3 is 0 Å². The first-order valence-electron chi connectivity index (χ1n) is 6.74. The summed E-state index contributed by atoms with van der Waals surface area (Å²) >= 11 is 0. The van der Waals surface area contributed by atoms with E-state index in [9.17, 15) is 0 Å². The Morgan fingerprint density at radius 1 is 1.06 bits per heavy atom. The molecular weight excluding hydrogens is 198 g/mol. The molecule has 0 aliphatic carbocycles. The third-order valence-corrected chi connectivity index (χ3v) is 2.71. The minimum absolute atomic E-state index is 0.792. The Morgan fingerprint density at radius 3 is 2.31 bits per heavy atom. The number of rotatable bonds is 11. The quantitative estimate of drug-likeness (QED) is 0.324. The molecule has 0 fully saturated rings. The van der Waals surface area contributed by atoms with Gasteiger partial charge in [0, 0.05) is 19.5 Å². The highest BCUT2D eigenvalue weighted by atomic mass is 14.9. The molecule has 0 unspecified atom stereocenters. The average molecular weight is 227 g/mol. The van der Waals surface area contributed by atoms with Gasteiger partial charge < -0.3 is 11.1 Å². The van der Waals surface area contributed by atoms with Gasteiger partial charge in [0.25, 0.3) is 0 Å². The first-order valence-corrected chi connectivity index (χ1v) is 6.74. The van der Waals surface area contributed by atoms with Gasteiger partial charge in [0.1, 0.15) is 0 Å². The molecule has 0 saturated heterocycles. The van der Waals surface area contributed by atoms with Gasteiger partial charge in [0.2, 0.25) is 0 Å². The Kier molecular flexibility index (Phi) is 12.1. The SMILES string of the molecule is CCCCCCCCCN=C(N)CCNC. The number of amidine groups is 1. The van der Waals surface area contributed by atoms with Gasteiger partial charge in [-0.3, -0.25) is 4.99 Å². The number of aliphatic imine (C=N–C) groups is 1. The van der Waals surface area contributed by atoms with Crippen molar-refractivity contribution in [2.45, 2.75) is 58.3 Å². The van der Waals surface area contributed by atoms with Crippen LogP contribution in [-0.2, 0) is 0 Å².